The number of amides is 1. The Morgan fingerprint density at radius 1 is 1.20 bits per heavy atom. The Morgan fingerprint density at radius 2 is 1.90 bits per heavy atom. The van der Waals surface area contributed by atoms with Crippen molar-refractivity contribution < 1.29 is 14.7 Å². The number of benzene rings is 1. The number of carboxylic acids is 1. The number of allylic oxidation sites excluding steroid dienone is 2. The van der Waals surface area contributed by atoms with Gasteiger partial charge in [0.05, 0.1) is 5.92 Å². The number of carboxylic acid groups (broad SMARTS) is 1. The molecule has 4 atom stereocenters. The molecule has 4 nitrogen and oxygen atoms in total. The van der Waals surface area contributed by atoms with Crippen LogP contribution in [0.15, 0.2) is 40.9 Å². The zero-order valence-electron chi connectivity index (χ0n) is 10.6. The summed E-state index contributed by atoms with van der Waals surface area (Å²) in [6.07, 6.45) is 4.58. The summed E-state index contributed by atoms with van der Waals surface area (Å²) in [5.74, 6) is -2.67. The minimum absolute atomic E-state index is 0.00931. The van der Waals surface area contributed by atoms with E-state index in [1.54, 1.807) is 12.1 Å². The van der Waals surface area contributed by atoms with Gasteiger partial charge in [0.25, 0.3) is 0 Å². The van der Waals surface area contributed by atoms with Gasteiger partial charge in [-0.15, -0.1) is 0 Å². The van der Waals surface area contributed by atoms with E-state index in [-0.39, 0.29) is 17.7 Å². The maximum absolute atomic E-state index is 12.4. The lowest BCUT2D eigenvalue weighted by Crippen LogP contribution is -2.42. The second-order valence-electron chi connectivity index (χ2n) is 5.32. The number of halogens is 1. The van der Waals surface area contributed by atoms with Crippen molar-refractivity contribution in [2.75, 3.05) is 5.32 Å². The van der Waals surface area contributed by atoms with Crippen molar-refractivity contribution in [3.8, 4) is 0 Å². The van der Waals surface area contributed by atoms with Gasteiger partial charge in [0, 0.05) is 22.0 Å². The third kappa shape index (κ3) is 2.26. The minimum Gasteiger partial charge on any atom is -0.550 e. The average Bonchev–Trinajstić information content (AvgIpc) is 2.98. The fourth-order valence-electron chi connectivity index (χ4n) is 3.29. The number of nitrogens with one attached hydrogen (secondary N) is 1. The highest BCUT2D eigenvalue weighted by Crippen LogP contribution is 2.48. The molecule has 1 saturated carbocycles. The summed E-state index contributed by atoms with van der Waals surface area (Å²) >= 11 is 3.34. The predicted molar refractivity (Wildman–Crippen MR) is 75.5 cm³/mol. The molecule has 0 spiro atoms. The minimum atomic E-state index is -1.13. The van der Waals surface area contributed by atoms with E-state index in [4.69, 9.17) is 0 Å². The monoisotopic (exact) mass is 334 g/mol. The van der Waals surface area contributed by atoms with E-state index in [1.165, 1.54) is 0 Å². The molecule has 1 aromatic carbocycles. The summed E-state index contributed by atoms with van der Waals surface area (Å²) in [6, 6.07) is 7.24. The number of aliphatic carboxylic acids is 1. The van der Waals surface area contributed by atoms with Crippen molar-refractivity contribution >= 4 is 33.5 Å². The standard InChI is InChI=1S/C15H14BrNO3/c16-10-2-1-3-11(7-10)17-14(18)12-8-4-5-9(6-8)13(12)15(19)20/h1-5,7-9,12-13H,6H2,(H,17,18)(H,19,20)/p-1/t8-,9+,12-,13+/m1/s1. The second kappa shape index (κ2) is 5.05. The first-order valence-corrected chi connectivity index (χ1v) is 7.31. The fourth-order valence-corrected chi connectivity index (χ4v) is 3.69. The van der Waals surface area contributed by atoms with Gasteiger partial charge in [-0.05, 0) is 36.5 Å². The fraction of sp³-hybridized carbons (Fsp3) is 0.333. The topological polar surface area (TPSA) is 69.2 Å². The van der Waals surface area contributed by atoms with Crippen molar-refractivity contribution in [1.29, 1.82) is 0 Å². The van der Waals surface area contributed by atoms with E-state index in [2.05, 4.69) is 21.2 Å². The van der Waals surface area contributed by atoms with E-state index in [9.17, 15) is 14.7 Å². The van der Waals surface area contributed by atoms with Crippen LogP contribution < -0.4 is 10.4 Å². The lowest BCUT2D eigenvalue weighted by atomic mass is 9.82. The molecule has 1 N–H and O–H groups in total. The van der Waals surface area contributed by atoms with Crippen molar-refractivity contribution in [3.63, 3.8) is 0 Å². The van der Waals surface area contributed by atoms with Crippen LogP contribution in [0.5, 0.6) is 0 Å². The molecular weight excluding hydrogens is 322 g/mol. The smallest absolute Gasteiger partial charge is 0.228 e. The van der Waals surface area contributed by atoms with E-state index >= 15 is 0 Å². The zero-order chi connectivity index (χ0) is 14.3. The predicted octanol–water partition coefficient (Wildman–Crippen LogP) is 1.58. The second-order valence-corrected chi connectivity index (χ2v) is 6.23. The first-order chi connectivity index (χ1) is 9.56. The molecule has 104 valence electrons. The van der Waals surface area contributed by atoms with Crippen molar-refractivity contribution in [2.45, 2.75) is 6.42 Å². The summed E-state index contributed by atoms with van der Waals surface area (Å²) in [5.41, 5.74) is 0.660. The third-order valence-electron chi connectivity index (χ3n) is 4.13. The lowest BCUT2D eigenvalue weighted by Gasteiger charge is -2.27. The number of hydrogen-bond acceptors (Lipinski definition) is 3. The van der Waals surface area contributed by atoms with E-state index in [0.717, 1.165) is 10.9 Å². The number of carbonyl (C=O) groups is 2. The highest BCUT2D eigenvalue weighted by atomic mass is 79.9. The molecular formula is C15H13BrNO3-. The van der Waals surface area contributed by atoms with Crippen LogP contribution in [0.3, 0.4) is 0 Å². The Balaban J connectivity index is 1.80. The number of fused-ring (bicyclic) bond motifs is 2. The number of carbonyl (C=O) groups excluding carboxylic acids is 2. The third-order valence-corrected chi connectivity index (χ3v) is 4.62. The first-order valence-electron chi connectivity index (χ1n) is 6.52. The molecule has 0 unspecified atom stereocenters. The molecule has 2 bridgehead atoms. The van der Waals surface area contributed by atoms with Gasteiger partial charge in [0.15, 0.2) is 0 Å². The highest BCUT2D eigenvalue weighted by Gasteiger charge is 2.48. The molecule has 0 saturated heterocycles. The number of anilines is 1. The lowest BCUT2D eigenvalue weighted by molar-refractivity contribution is -0.313. The maximum Gasteiger partial charge on any atom is 0.228 e. The van der Waals surface area contributed by atoms with Crippen molar-refractivity contribution in [2.24, 2.45) is 23.7 Å². The van der Waals surface area contributed by atoms with Crippen molar-refractivity contribution in [3.05, 3.63) is 40.9 Å². The Kier molecular flexibility index (Phi) is 3.38. The average molecular weight is 335 g/mol. The van der Waals surface area contributed by atoms with E-state index < -0.39 is 17.8 Å². The first kappa shape index (κ1) is 13.4. The van der Waals surface area contributed by atoms with Gasteiger partial charge < -0.3 is 15.2 Å². The zero-order valence-corrected chi connectivity index (χ0v) is 12.2. The molecule has 2 aliphatic rings. The molecule has 1 fully saturated rings. The summed E-state index contributed by atoms with van der Waals surface area (Å²) in [5, 5.41) is 14.1. The van der Waals surface area contributed by atoms with E-state index in [0.29, 0.717) is 5.69 Å². The van der Waals surface area contributed by atoms with Gasteiger partial charge in [-0.25, -0.2) is 0 Å². The van der Waals surface area contributed by atoms with Crippen LogP contribution in [0.25, 0.3) is 0 Å². The SMILES string of the molecule is O=C([O-])[C@@H]1[C@H](C(=O)Nc2cccc(Br)c2)[C@@H]2C=C[C@H]1C2. The van der Waals surface area contributed by atoms with Crippen LogP contribution in [0, 0.1) is 23.7 Å². The summed E-state index contributed by atoms with van der Waals surface area (Å²) in [6.45, 7) is 0. The maximum atomic E-state index is 12.4. The van der Waals surface area contributed by atoms with Crippen molar-refractivity contribution in [1.82, 2.24) is 0 Å². The van der Waals surface area contributed by atoms with Gasteiger partial charge in [-0.1, -0.05) is 34.1 Å². The summed E-state index contributed by atoms with van der Waals surface area (Å²) < 4.78 is 0.861. The van der Waals surface area contributed by atoms with Gasteiger partial charge in [0.1, 0.15) is 0 Å². The molecule has 1 aromatic rings. The molecule has 20 heavy (non-hydrogen) atoms. The molecule has 0 aromatic heterocycles. The molecule has 0 heterocycles. The van der Waals surface area contributed by atoms with E-state index in [1.807, 2.05) is 24.3 Å². The molecule has 1 amide bonds. The van der Waals surface area contributed by atoms with Crippen LogP contribution in [0.4, 0.5) is 5.69 Å². The Bertz CT molecular complexity index is 599. The van der Waals surface area contributed by atoms with Gasteiger partial charge >= 0.3 is 0 Å². The van der Waals surface area contributed by atoms with Crippen LogP contribution in [-0.2, 0) is 9.59 Å². The quantitative estimate of drug-likeness (QED) is 0.853. The number of hydrogen-bond donors (Lipinski definition) is 1. The largest absolute Gasteiger partial charge is 0.550 e. The molecule has 3 rings (SSSR count). The Morgan fingerprint density at radius 3 is 2.55 bits per heavy atom. The Labute approximate surface area is 125 Å². The van der Waals surface area contributed by atoms with Crippen LogP contribution in [0.1, 0.15) is 6.42 Å². The van der Waals surface area contributed by atoms with Crippen LogP contribution in [-0.4, -0.2) is 11.9 Å². The highest BCUT2D eigenvalue weighted by molar-refractivity contribution is 9.10. The van der Waals surface area contributed by atoms with Gasteiger partial charge in [0.2, 0.25) is 5.91 Å². The molecule has 0 radical (unpaired) electrons. The molecule has 5 heteroatoms. The summed E-state index contributed by atoms with van der Waals surface area (Å²) in [4.78, 5) is 23.7. The van der Waals surface area contributed by atoms with Crippen LogP contribution in [0.2, 0.25) is 0 Å². The molecule has 0 aliphatic heterocycles. The normalized spacial score (nSPS) is 30.4. The number of rotatable bonds is 3. The summed E-state index contributed by atoms with van der Waals surface area (Å²) in [7, 11) is 0. The van der Waals surface area contributed by atoms with Crippen LogP contribution >= 0.6 is 15.9 Å². The molecule has 2 aliphatic carbocycles. The van der Waals surface area contributed by atoms with Gasteiger partial charge in [-0.3, -0.25) is 4.79 Å². The Hall–Kier alpha value is -1.62. The van der Waals surface area contributed by atoms with Gasteiger partial charge in [-0.2, -0.15) is 0 Å².